The van der Waals surface area contributed by atoms with E-state index in [1.165, 1.54) is 17.3 Å². The molecule has 28 heavy (non-hydrogen) atoms. The number of rotatable bonds is 7. The highest BCUT2D eigenvalue weighted by Gasteiger charge is 2.30. The summed E-state index contributed by atoms with van der Waals surface area (Å²) < 4.78 is 2.16. The van der Waals surface area contributed by atoms with Crippen LogP contribution in [-0.2, 0) is 11.3 Å². The molecule has 1 amide bonds. The van der Waals surface area contributed by atoms with Gasteiger partial charge in [0.1, 0.15) is 0 Å². The average Bonchev–Trinajstić information content (AvgIpc) is 3.47. The van der Waals surface area contributed by atoms with Crippen LogP contribution in [0.25, 0.3) is 11.4 Å². The number of carbonyl (C=O) groups is 1. The summed E-state index contributed by atoms with van der Waals surface area (Å²) in [6.45, 7) is 2.67. The SMILES string of the molecule is Cc1ccc(CN(C)C(=O)CSc2nnc(-c3cccnc3)n2C2CC2)cc1. The van der Waals surface area contributed by atoms with Crippen LogP contribution in [0.15, 0.2) is 53.9 Å². The molecule has 4 rings (SSSR count). The van der Waals surface area contributed by atoms with Crippen molar-refractivity contribution in [3.8, 4) is 11.4 Å². The van der Waals surface area contributed by atoms with Gasteiger partial charge in [0.2, 0.25) is 5.91 Å². The van der Waals surface area contributed by atoms with E-state index in [-0.39, 0.29) is 5.91 Å². The first-order chi connectivity index (χ1) is 13.6. The number of amides is 1. The number of benzene rings is 1. The topological polar surface area (TPSA) is 63.9 Å². The molecule has 0 N–H and O–H groups in total. The summed E-state index contributed by atoms with van der Waals surface area (Å²) in [6, 6.07) is 12.6. The zero-order valence-electron chi connectivity index (χ0n) is 16.1. The second kappa shape index (κ2) is 8.14. The molecule has 1 aliphatic carbocycles. The molecule has 3 aromatic rings. The van der Waals surface area contributed by atoms with E-state index in [4.69, 9.17) is 0 Å². The zero-order chi connectivity index (χ0) is 19.5. The molecule has 1 fully saturated rings. The Morgan fingerprint density at radius 3 is 2.68 bits per heavy atom. The molecular weight excluding hydrogens is 370 g/mol. The molecular formula is C21H23N5OS. The molecule has 0 bridgehead atoms. The van der Waals surface area contributed by atoms with Gasteiger partial charge in [0.05, 0.1) is 5.75 Å². The smallest absolute Gasteiger partial charge is 0.233 e. The van der Waals surface area contributed by atoms with E-state index >= 15 is 0 Å². The molecule has 0 atom stereocenters. The standard InChI is InChI=1S/C21H23N5OS/c1-15-5-7-16(8-6-15)13-25(2)19(27)14-28-21-24-23-20(26(21)18-9-10-18)17-4-3-11-22-12-17/h3-8,11-12,18H,9-10,13-14H2,1-2H3. The van der Waals surface area contributed by atoms with E-state index in [2.05, 4.69) is 50.9 Å². The minimum atomic E-state index is 0.0823. The molecule has 2 heterocycles. The summed E-state index contributed by atoms with van der Waals surface area (Å²) >= 11 is 1.46. The molecule has 0 radical (unpaired) electrons. The van der Waals surface area contributed by atoms with E-state index in [1.807, 2.05) is 19.2 Å². The van der Waals surface area contributed by atoms with Gasteiger partial charge in [0.15, 0.2) is 11.0 Å². The Labute approximate surface area is 169 Å². The zero-order valence-corrected chi connectivity index (χ0v) is 16.9. The molecule has 0 aliphatic heterocycles. The Bertz CT molecular complexity index is 951. The maximum absolute atomic E-state index is 12.6. The highest BCUT2D eigenvalue weighted by Crippen LogP contribution is 2.40. The maximum atomic E-state index is 12.6. The predicted octanol–water partition coefficient (Wildman–Crippen LogP) is 3.73. The first-order valence-electron chi connectivity index (χ1n) is 9.39. The van der Waals surface area contributed by atoms with Gasteiger partial charge in [0.25, 0.3) is 0 Å². The summed E-state index contributed by atoms with van der Waals surface area (Å²) in [7, 11) is 1.84. The van der Waals surface area contributed by atoms with Crippen LogP contribution in [0.5, 0.6) is 0 Å². The molecule has 7 heteroatoms. The van der Waals surface area contributed by atoms with Crippen molar-refractivity contribution in [1.29, 1.82) is 0 Å². The van der Waals surface area contributed by atoms with Gasteiger partial charge in [-0.25, -0.2) is 0 Å². The minimum absolute atomic E-state index is 0.0823. The lowest BCUT2D eigenvalue weighted by molar-refractivity contribution is -0.127. The fraction of sp³-hybridized carbons (Fsp3) is 0.333. The molecule has 1 aromatic carbocycles. The Hall–Kier alpha value is -2.67. The van der Waals surface area contributed by atoms with E-state index in [1.54, 1.807) is 17.3 Å². The number of thioether (sulfide) groups is 1. The first kappa shape index (κ1) is 18.7. The Kier molecular flexibility index (Phi) is 5.43. The van der Waals surface area contributed by atoms with Crippen LogP contribution in [0.2, 0.25) is 0 Å². The Balaban J connectivity index is 1.42. The third kappa shape index (κ3) is 4.25. The molecule has 0 spiro atoms. The molecule has 1 saturated carbocycles. The summed E-state index contributed by atoms with van der Waals surface area (Å²) in [5.41, 5.74) is 3.31. The van der Waals surface area contributed by atoms with Crippen molar-refractivity contribution in [2.45, 2.75) is 37.5 Å². The average molecular weight is 394 g/mol. The number of aryl methyl sites for hydroxylation is 1. The van der Waals surface area contributed by atoms with Crippen LogP contribution in [0.3, 0.4) is 0 Å². The predicted molar refractivity (Wildman–Crippen MR) is 110 cm³/mol. The lowest BCUT2D eigenvalue weighted by Gasteiger charge is -2.17. The van der Waals surface area contributed by atoms with E-state index in [0.29, 0.717) is 18.3 Å². The number of nitrogens with zero attached hydrogens (tertiary/aromatic N) is 5. The van der Waals surface area contributed by atoms with Gasteiger partial charge in [-0.15, -0.1) is 10.2 Å². The lowest BCUT2D eigenvalue weighted by atomic mass is 10.1. The monoisotopic (exact) mass is 393 g/mol. The van der Waals surface area contributed by atoms with Gasteiger partial charge in [-0.2, -0.15) is 0 Å². The molecule has 144 valence electrons. The number of hydrogen-bond donors (Lipinski definition) is 0. The Morgan fingerprint density at radius 1 is 1.21 bits per heavy atom. The summed E-state index contributed by atoms with van der Waals surface area (Å²) in [4.78, 5) is 18.5. The summed E-state index contributed by atoms with van der Waals surface area (Å²) in [5.74, 6) is 1.26. The number of carbonyl (C=O) groups excluding carboxylic acids is 1. The quantitative estimate of drug-likeness (QED) is 0.572. The molecule has 0 saturated heterocycles. The van der Waals surface area contributed by atoms with Gasteiger partial charge < -0.3 is 4.90 Å². The normalized spacial score (nSPS) is 13.5. The van der Waals surface area contributed by atoms with Crippen molar-refractivity contribution in [2.24, 2.45) is 0 Å². The largest absolute Gasteiger partial charge is 0.341 e. The van der Waals surface area contributed by atoms with E-state index < -0.39 is 0 Å². The van der Waals surface area contributed by atoms with Crippen LogP contribution >= 0.6 is 11.8 Å². The van der Waals surface area contributed by atoms with Crippen LogP contribution in [-0.4, -0.2) is 43.4 Å². The fourth-order valence-corrected chi connectivity index (χ4v) is 3.97. The van der Waals surface area contributed by atoms with Crippen molar-refractivity contribution in [1.82, 2.24) is 24.6 Å². The summed E-state index contributed by atoms with van der Waals surface area (Å²) in [6.07, 6.45) is 5.80. The second-order valence-corrected chi connectivity index (χ2v) is 8.12. The van der Waals surface area contributed by atoms with Gasteiger partial charge in [0, 0.05) is 37.6 Å². The third-order valence-corrected chi connectivity index (χ3v) is 5.71. The highest BCUT2D eigenvalue weighted by molar-refractivity contribution is 7.99. The van der Waals surface area contributed by atoms with Gasteiger partial charge in [-0.05, 0) is 37.5 Å². The van der Waals surface area contributed by atoms with Gasteiger partial charge in [-0.1, -0.05) is 41.6 Å². The molecule has 0 unspecified atom stereocenters. The van der Waals surface area contributed by atoms with Gasteiger partial charge in [-0.3, -0.25) is 14.3 Å². The number of aromatic nitrogens is 4. The number of pyridine rings is 1. The van der Waals surface area contributed by atoms with E-state index in [9.17, 15) is 4.79 Å². The molecule has 6 nitrogen and oxygen atoms in total. The minimum Gasteiger partial charge on any atom is -0.341 e. The first-order valence-corrected chi connectivity index (χ1v) is 10.4. The van der Waals surface area contributed by atoms with Crippen LogP contribution < -0.4 is 0 Å². The molecule has 2 aromatic heterocycles. The molecule has 1 aliphatic rings. The highest BCUT2D eigenvalue weighted by atomic mass is 32.2. The van der Waals surface area contributed by atoms with Crippen molar-refractivity contribution < 1.29 is 4.79 Å². The van der Waals surface area contributed by atoms with Crippen molar-refractivity contribution in [3.63, 3.8) is 0 Å². The summed E-state index contributed by atoms with van der Waals surface area (Å²) in [5, 5.41) is 9.53. The van der Waals surface area contributed by atoms with Crippen LogP contribution in [0.4, 0.5) is 0 Å². The van der Waals surface area contributed by atoms with Crippen molar-refractivity contribution in [2.75, 3.05) is 12.8 Å². The Morgan fingerprint density at radius 2 is 2.00 bits per heavy atom. The fourth-order valence-electron chi connectivity index (χ4n) is 3.02. The third-order valence-electron chi connectivity index (χ3n) is 4.79. The van der Waals surface area contributed by atoms with E-state index in [0.717, 1.165) is 34.9 Å². The van der Waals surface area contributed by atoms with Crippen LogP contribution in [0, 0.1) is 6.92 Å². The van der Waals surface area contributed by atoms with Crippen molar-refractivity contribution in [3.05, 3.63) is 59.9 Å². The second-order valence-electron chi connectivity index (χ2n) is 7.17. The lowest BCUT2D eigenvalue weighted by Crippen LogP contribution is -2.27. The van der Waals surface area contributed by atoms with Crippen LogP contribution in [0.1, 0.15) is 30.0 Å². The van der Waals surface area contributed by atoms with Crippen molar-refractivity contribution >= 4 is 17.7 Å². The van der Waals surface area contributed by atoms with Gasteiger partial charge >= 0.3 is 0 Å². The number of hydrogen-bond acceptors (Lipinski definition) is 5. The maximum Gasteiger partial charge on any atom is 0.233 e.